The summed E-state index contributed by atoms with van der Waals surface area (Å²) < 4.78 is 22.0. The van der Waals surface area contributed by atoms with Crippen LogP contribution in [0.25, 0.3) is 11.3 Å². The van der Waals surface area contributed by atoms with E-state index in [4.69, 9.17) is 18.6 Å². The molecule has 3 aromatic rings. The third-order valence-corrected chi connectivity index (χ3v) is 5.85. The molecule has 174 valence electrons. The normalized spacial score (nSPS) is 13.0. The van der Waals surface area contributed by atoms with Gasteiger partial charge in [0.2, 0.25) is 0 Å². The zero-order valence-electron chi connectivity index (χ0n) is 19.6. The van der Waals surface area contributed by atoms with Crippen LogP contribution in [-0.4, -0.2) is 50.2 Å². The molecule has 1 saturated carbocycles. The monoisotopic (exact) mass is 450 g/mol. The highest BCUT2D eigenvalue weighted by atomic mass is 16.5. The van der Waals surface area contributed by atoms with Gasteiger partial charge < -0.3 is 23.5 Å². The minimum atomic E-state index is -0.114. The molecule has 7 heteroatoms. The van der Waals surface area contributed by atoms with Crippen LogP contribution in [0.5, 0.6) is 17.2 Å². The van der Waals surface area contributed by atoms with Gasteiger partial charge in [0.15, 0.2) is 28.8 Å². The summed E-state index contributed by atoms with van der Waals surface area (Å²) in [5.74, 6) is 3.44. The fourth-order valence-electron chi connectivity index (χ4n) is 3.87. The number of benzene rings is 2. The molecule has 7 nitrogen and oxygen atoms in total. The number of oxazole rings is 1. The number of carbonyl (C=O) groups excluding carboxylic acids is 1. The summed E-state index contributed by atoms with van der Waals surface area (Å²) in [6.07, 6.45) is 3.01. The molecule has 1 aliphatic carbocycles. The van der Waals surface area contributed by atoms with E-state index in [1.807, 2.05) is 47.4 Å². The van der Waals surface area contributed by atoms with E-state index in [2.05, 4.69) is 4.98 Å². The minimum Gasteiger partial charge on any atom is -0.497 e. The number of nitrogens with zero attached hydrogens (tertiary/aromatic N) is 2. The lowest BCUT2D eigenvalue weighted by Gasteiger charge is -2.22. The van der Waals surface area contributed by atoms with E-state index in [1.54, 1.807) is 28.3 Å². The fourth-order valence-corrected chi connectivity index (χ4v) is 3.87. The topological polar surface area (TPSA) is 74.0 Å². The van der Waals surface area contributed by atoms with Crippen molar-refractivity contribution in [3.8, 4) is 28.6 Å². The van der Waals surface area contributed by atoms with Crippen molar-refractivity contribution < 1.29 is 23.4 Å². The van der Waals surface area contributed by atoms with Gasteiger partial charge >= 0.3 is 0 Å². The van der Waals surface area contributed by atoms with Gasteiger partial charge in [0, 0.05) is 25.6 Å². The van der Waals surface area contributed by atoms with Crippen LogP contribution in [-0.2, 0) is 6.42 Å². The van der Waals surface area contributed by atoms with Crippen molar-refractivity contribution >= 4 is 5.91 Å². The van der Waals surface area contributed by atoms with Crippen molar-refractivity contribution in [3.05, 3.63) is 59.6 Å². The molecule has 0 unspecified atom stereocenters. The van der Waals surface area contributed by atoms with Crippen LogP contribution in [0.1, 0.15) is 34.8 Å². The van der Waals surface area contributed by atoms with Gasteiger partial charge in [0.05, 0.1) is 21.3 Å². The summed E-state index contributed by atoms with van der Waals surface area (Å²) >= 11 is 0. The Morgan fingerprint density at radius 1 is 1.06 bits per heavy atom. The molecule has 0 saturated heterocycles. The molecule has 1 heterocycles. The lowest BCUT2D eigenvalue weighted by Crippen LogP contribution is -2.35. The molecule has 0 atom stereocenters. The number of ether oxygens (including phenoxy) is 3. The van der Waals surface area contributed by atoms with E-state index in [0.717, 1.165) is 30.5 Å². The van der Waals surface area contributed by atoms with Crippen LogP contribution in [0.4, 0.5) is 0 Å². The van der Waals surface area contributed by atoms with Gasteiger partial charge in [-0.2, -0.15) is 0 Å². The first-order chi connectivity index (χ1) is 16.0. The summed E-state index contributed by atoms with van der Waals surface area (Å²) in [6.45, 7) is 3.05. The first-order valence-electron chi connectivity index (χ1n) is 11.1. The zero-order chi connectivity index (χ0) is 23.4. The lowest BCUT2D eigenvalue weighted by molar-refractivity contribution is 0.0744. The lowest BCUT2D eigenvalue weighted by atomic mass is 10.1. The number of rotatable bonds is 10. The Kier molecular flexibility index (Phi) is 6.87. The van der Waals surface area contributed by atoms with Crippen LogP contribution in [0, 0.1) is 12.8 Å². The van der Waals surface area contributed by atoms with Crippen LogP contribution in [0.2, 0.25) is 0 Å². The number of methoxy groups -OCH3 is 3. The third kappa shape index (κ3) is 5.30. The van der Waals surface area contributed by atoms with Crippen LogP contribution < -0.4 is 14.2 Å². The maximum absolute atomic E-state index is 13.6. The van der Waals surface area contributed by atoms with Crippen LogP contribution in [0.15, 0.2) is 46.9 Å². The van der Waals surface area contributed by atoms with Gasteiger partial charge in [-0.3, -0.25) is 4.79 Å². The molecule has 0 spiro atoms. The summed E-state index contributed by atoms with van der Waals surface area (Å²) in [6, 6.07) is 13.3. The van der Waals surface area contributed by atoms with Gasteiger partial charge in [-0.15, -0.1) is 0 Å². The first-order valence-corrected chi connectivity index (χ1v) is 11.1. The second-order valence-corrected chi connectivity index (χ2v) is 8.28. The molecular weight excluding hydrogens is 420 g/mol. The highest BCUT2D eigenvalue weighted by Gasteiger charge is 2.30. The van der Waals surface area contributed by atoms with Gasteiger partial charge in [-0.25, -0.2) is 4.98 Å². The average molecular weight is 451 g/mol. The first kappa shape index (κ1) is 22.7. The largest absolute Gasteiger partial charge is 0.497 e. The van der Waals surface area contributed by atoms with Crippen molar-refractivity contribution in [2.24, 2.45) is 5.92 Å². The summed E-state index contributed by atoms with van der Waals surface area (Å²) in [5.41, 5.74) is 2.18. The number of aromatic nitrogens is 1. The molecule has 1 amide bonds. The van der Waals surface area contributed by atoms with Crippen molar-refractivity contribution in [3.63, 3.8) is 0 Å². The number of aryl methyl sites for hydroxylation is 1. The van der Waals surface area contributed by atoms with Crippen LogP contribution in [0.3, 0.4) is 0 Å². The Balaban J connectivity index is 1.57. The van der Waals surface area contributed by atoms with Crippen molar-refractivity contribution in [2.45, 2.75) is 26.2 Å². The molecular formula is C26H30N2O5. The Morgan fingerprint density at radius 3 is 2.55 bits per heavy atom. The van der Waals surface area contributed by atoms with Crippen LogP contribution >= 0.6 is 0 Å². The van der Waals surface area contributed by atoms with Crippen molar-refractivity contribution in [2.75, 3.05) is 34.4 Å². The second kappa shape index (κ2) is 9.98. The molecule has 1 aromatic heterocycles. The van der Waals surface area contributed by atoms with E-state index in [-0.39, 0.29) is 5.91 Å². The highest BCUT2D eigenvalue weighted by molar-refractivity contribution is 5.97. The third-order valence-electron chi connectivity index (χ3n) is 5.85. The molecule has 1 fully saturated rings. The minimum absolute atomic E-state index is 0.114. The summed E-state index contributed by atoms with van der Waals surface area (Å²) in [4.78, 5) is 20.0. The molecule has 0 aliphatic heterocycles. The van der Waals surface area contributed by atoms with E-state index in [0.29, 0.717) is 53.5 Å². The quantitative estimate of drug-likeness (QED) is 0.443. The van der Waals surface area contributed by atoms with Gasteiger partial charge in [-0.05, 0) is 55.0 Å². The maximum Gasteiger partial charge on any atom is 0.276 e. The predicted molar refractivity (Wildman–Crippen MR) is 125 cm³/mol. The SMILES string of the molecule is COc1cccc(-c2oc(C)nc2C(=O)N(CCc2ccc(OC)c(OC)c2)CC2CC2)c1. The Labute approximate surface area is 194 Å². The molecule has 0 radical (unpaired) electrons. The molecule has 2 aromatic carbocycles. The van der Waals surface area contributed by atoms with Crippen molar-refractivity contribution in [1.82, 2.24) is 9.88 Å². The summed E-state index contributed by atoms with van der Waals surface area (Å²) in [7, 11) is 4.85. The average Bonchev–Trinajstić information content (AvgIpc) is 3.59. The highest BCUT2D eigenvalue weighted by Crippen LogP contribution is 2.33. The van der Waals surface area contributed by atoms with E-state index in [1.165, 1.54) is 0 Å². The predicted octanol–water partition coefficient (Wildman–Crippen LogP) is 4.77. The Bertz CT molecular complexity index is 1120. The number of hydrogen-bond acceptors (Lipinski definition) is 6. The van der Waals surface area contributed by atoms with Gasteiger partial charge in [0.25, 0.3) is 5.91 Å². The maximum atomic E-state index is 13.6. The van der Waals surface area contributed by atoms with Gasteiger partial charge in [0.1, 0.15) is 5.75 Å². The standard InChI is InChI=1S/C26H30N2O5/c1-17-27-24(25(33-17)20-6-5-7-21(15-20)30-2)26(29)28(16-19-8-9-19)13-12-18-10-11-22(31-3)23(14-18)32-4/h5-7,10-11,14-15,19H,8-9,12-13,16H2,1-4H3. The second-order valence-electron chi connectivity index (χ2n) is 8.28. The van der Waals surface area contributed by atoms with E-state index < -0.39 is 0 Å². The van der Waals surface area contributed by atoms with E-state index in [9.17, 15) is 4.79 Å². The molecule has 4 rings (SSSR count). The molecule has 33 heavy (non-hydrogen) atoms. The number of amides is 1. The molecule has 1 aliphatic rings. The number of hydrogen-bond donors (Lipinski definition) is 0. The molecule has 0 N–H and O–H groups in total. The fraction of sp³-hybridized carbons (Fsp3) is 0.385. The Morgan fingerprint density at radius 2 is 1.85 bits per heavy atom. The smallest absolute Gasteiger partial charge is 0.276 e. The van der Waals surface area contributed by atoms with Gasteiger partial charge in [-0.1, -0.05) is 18.2 Å². The zero-order valence-corrected chi connectivity index (χ0v) is 19.6. The Hall–Kier alpha value is -3.48. The summed E-state index contributed by atoms with van der Waals surface area (Å²) in [5, 5.41) is 0. The van der Waals surface area contributed by atoms with Crippen molar-refractivity contribution in [1.29, 1.82) is 0 Å². The molecule has 0 bridgehead atoms. The van der Waals surface area contributed by atoms with E-state index >= 15 is 0 Å². The number of carbonyl (C=O) groups is 1.